The molecule has 0 spiro atoms. The van der Waals surface area contributed by atoms with Gasteiger partial charge in [-0.25, -0.2) is 0 Å². The average molecular weight is 225 g/mol. The van der Waals surface area contributed by atoms with Crippen LogP contribution in [0.3, 0.4) is 0 Å². The Morgan fingerprint density at radius 2 is 1.44 bits per heavy atom. The molecule has 0 N–H and O–H groups in total. The molecule has 0 unspecified atom stereocenters. The minimum atomic E-state index is 0.112. The van der Waals surface area contributed by atoms with E-state index in [1.165, 1.54) is 0 Å². The van der Waals surface area contributed by atoms with Crippen molar-refractivity contribution < 1.29 is 4.79 Å². The summed E-state index contributed by atoms with van der Waals surface area (Å²) in [7, 11) is 0. The van der Waals surface area contributed by atoms with Gasteiger partial charge in [0.1, 0.15) is 0 Å². The molecular formula is C14H27NO. The van der Waals surface area contributed by atoms with E-state index in [-0.39, 0.29) is 5.91 Å². The van der Waals surface area contributed by atoms with E-state index in [9.17, 15) is 4.79 Å². The van der Waals surface area contributed by atoms with Crippen molar-refractivity contribution in [1.82, 2.24) is 4.90 Å². The van der Waals surface area contributed by atoms with Gasteiger partial charge in [-0.05, 0) is 31.6 Å². The van der Waals surface area contributed by atoms with Gasteiger partial charge in [0.25, 0.3) is 0 Å². The van der Waals surface area contributed by atoms with Gasteiger partial charge in [0, 0.05) is 18.7 Å². The summed E-state index contributed by atoms with van der Waals surface area (Å²) in [6.07, 6.45) is 2.13. The normalized spacial score (nSPS) is 10.9. The lowest BCUT2D eigenvalue weighted by Gasteiger charge is -2.24. The number of amides is 1. The van der Waals surface area contributed by atoms with Crippen LogP contribution in [0.25, 0.3) is 0 Å². The molecule has 2 nitrogen and oxygen atoms in total. The summed E-state index contributed by atoms with van der Waals surface area (Å²) >= 11 is 0. The van der Waals surface area contributed by atoms with Gasteiger partial charge in [0.15, 0.2) is 0 Å². The Labute approximate surface area is 101 Å². The summed E-state index contributed by atoms with van der Waals surface area (Å²) in [6.45, 7) is 16.0. The zero-order chi connectivity index (χ0) is 12.7. The highest BCUT2D eigenvalue weighted by molar-refractivity contribution is 5.92. The van der Waals surface area contributed by atoms with E-state index in [0.717, 1.165) is 25.9 Å². The number of carbonyl (C=O) groups excluding carboxylic acids is 1. The fraction of sp³-hybridized carbons (Fsp3) is 0.786. The third-order valence-corrected chi connectivity index (χ3v) is 2.61. The molecular weight excluding hydrogens is 198 g/mol. The highest BCUT2D eigenvalue weighted by Gasteiger charge is 2.14. The van der Waals surface area contributed by atoms with Gasteiger partial charge in [0.05, 0.1) is 0 Å². The first-order chi connectivity index (χ1) is 7.34. The molecule has 0 atom stereocenters. The zero-order valence-corrected chi connectivity index (χ0v) is 11.5. The second-order valence-corrected chi connectivity index (χ2v) is 5.44. The van der Waals surface area contributed by atoms with Crippen LogP contribution in [-0.4, -0.2) is 23.9 Å². The molecule has 0 aromatic rings. The largest absolute Gasteiger partial charge is 0.339 e. The van der Waals surface area contributed by atoms with E-state index in [0.29, 0.717) is 17.4 Å². The van der Waals surface area contributed by atoms with Crippen LogP contribution in [0.15, 0.2) is 12.2 Å². The molecule has 0 aliphatic rings. The molecule has 16 heavy (non-hydrogen) atoms. The van der Waals surface area contributed by atoms with Crippen LogP contribution in [0.4, 0.5) is 0 Å². The van der Waals surface area contributed by atoms with Gasteiger partial charge in [-0.1, -0.05) is 34.3 Å². The van der Waals surface area contributed by atoms with Crippen molar-refractivity contribution in [3.63, 3.8) is 0 Å². The molecule has 0 fully saturated rings. The predicted octanol–water partition coefficient (Wildman–Crippen LogP) is 3.48. The lowest BCUT2D eigenvalue weighted by atomic mass is 10.1. The second kappa shape index (κ2) is 7.48. The van der Waals surface area contributed by atoms with Crippen molar-refractivity contribution in [2.24, 2.45) is 11.8 Å². The fourth-order valence-electron chi connectivity index (χ4n) is 1.41. The maximum atomic E-state index is 11.9. The Hall–Kier alpha value is -0.790. The molecule has 0 aromatic heterocycles. The van der Waals surface area contributed by atoms with E-state index >= 15 is 0 Å². The molecule has 0 heterocycles. The van der Waals surface area contributed by atoms with Crippen molar-refractivity contribution in [3.05, 3.63) is 12.2 Å². The molecule has 0 saturated heterocycles. The lowest BCUT2D eigenvalue weighted by Crippen LogP contribution is -2.34. The average Bonchev–Trinajstić information content (AvgIpc) is 2.16. The van der Waals surface area contributed by atoms with Gasteiger partial charge < -0.3 is 4.90 Å². The minimum Gasteiger partial charge on any atom is -0.339 e. The Balaban J connectivity index is 4.26. The molecule has 0 aliphatic carbocycles. The van der Waals surface area contributed by atoms with Crippen molar-refractivity contribution in [3.8, 4) is 0 Å². The van der Waals surface area contributed by atoms with Gasteiger partial charge in [0.2, 0.25) is 5.91 Å². The molecule has 1 amide bonds. The molecule has 2 heteroatoms. The second-order valence-electron chi connectivity index (χ2n) is 5.44. The Morgan fingerprint density at radius 3 is 1.69 bits per heavy atom. The standard InChI is InChI=1S/C14H27NO/c1-11(2)7-9-15(10-8-12(3)4)14(16)13(5)6/h11-12H,5,7-10H2,1-4,6H3. The summed E-state index contributed by atoms with van der Waals surface area (Å²) in [4.78, 5) is 13.8. The quantitative estimate of drug-likeness (QED) is 0.607. The van der Waals surface area contributed by atoms with Crippen LogP contribution < -0.4 is 0 Å². The SMILES string of the molecule is C=C(C)C(=O)N(CCC(C)C)CCC(C)C. The summed E-state index contributed by atoms with van der Waals surface area (Å²) in [5.41, 5.74) is 0.646. The lowest BCUT2D eigenvalue weighted by molar-refractivity contribution is -0.127. The van der Waals surface area contributed by atoms with Crippen LogP contribution in [-0.2, 0) is 4.79 Å². The highest BCUT2D eigenvalue weighted by Crippen LogP contribution is 2.09. The zero-order valence-electron chi connectivity index (χ0n) is 11.5. The summed E-state index contributed by atoms with van der Waals surface area (Å²) < 4.78 is 0. The summed E-state index contributed by atoms with van der Waals surface area (Å²) in [6, 6.07) is 0. The number of hydrogen-bond donors (Lipinski definition) is 0. The first-order valence-corrected chi connectivity index (χ1v) is 6.29. The fourth-order valence-corrected chi connectivity index (χ4v) is 1.41. The number of nitrogens with zero attached hydrogens (tertiary/aromatic N) is 1. The third kappa shape index (κ3) is 6.65. The van der Waals surface area contributed by atoms with Crippen LogP contribution in [0.5, 0.6) is 0 Å². The predicted molar refractivity (Wildman–Crippen MR) is 70.3 cm³/mol. The van der Waals surface area contributed by atoms with Gasteiger partial charge >= 0.3 is 0 Å². The molecule has 0 radical (unpaired) electrons. The van der Waals surface area contributed by atoms with Crippen molar-refractivity contribution in [1.29, 1.82) is 0 Å². The van der Waals surface area contributed by atoms with E-state index in [1.54, 1.807) is 6.92 Å². The topological polar surface area (TPSA) is 20.3 Å². The van der Waals surface area contributed by atoms with Crippen LogP contribution in [0.2, 0.25) is 0 Å². The van der Waals surface area contributed by atoms with Gasteiger partial charge in [-0.15, -0.1) is 0 Å². The van der Waals surface area contributed by atoms with E-state index in [2.05, 4.69) is 34.3 Å². The summed E-state index contributed by atoms with van der Waals surface area (Å²) in [5.74, 6) is 1.39. The van der Waals surface area contributed by atoms with Crippen LogP contribution >= 0.6 is 0 Å². The van der Waals surface area contributed by atoms with Crippen molar-refractivity contribution in [2.45, 2.75) is 47.5 Å². The van der Waals surface area contributed by atoms with Crippen molar-refractivity contribution in [2.75, 3.05) is 13.1 Å². The van der Waals surface area contributed by atoms with Gasteiger partial charge in [-0.2, -0.15) is 0 Å². The first-order valence-electron chi connectivity index (χ1n) is 6.29. The van der Waals surface area contributed by atoms with Gasteiger partial charge in [-0.3, -0.25) is 4.79 Å². The van der Waals surface area contributed by atoms with E-state index in [1.807, 2.05) is 4.90 Å². The maximum Gasteiger partial charge on any atom is 0.248 e. The molecule has 0 aromatic carbocycles. The van der Waals surface area contributed by atoms with E-state index < -0.39 is 0 Å². The molecule has 0 saturated carbocycles. The number of carbonyl (C=O) groups is 1. The summed E-state index contributed by atoms with van der Waals surface area (Å²) in [5, 5.41) is 0. The van der Waals surface area contributed by atoms with E-state index in [4.69, 9.17) is 0 Å². The molecule has 0 bridgehead atoms. The van der Waals surface area contributed by atoms with Crippen LogP contribution in [0.1, 0.15) is 47.5 Å². The number of hydrogen-bond acceptors (Lipinski definition) is 1. The highest BCUT2D eigenvalue weighted by atomic mass is 16.2. The molecule has 0 rings (SSSR count). The van der Waals surface area contributed by atoms with Crippen molar-refractivity contribution >= 4 is 5.91 Å². The minimum absolute atomic E-state index is 0.112. The Morgan fingerprint density at radius 1 is 1.06 bits per heavy atom. The number of rotatable bonds is 7. The molecule has 0 aliphatic heterocycles. The monoisotopic (exact) mass is 225 g/mol. The third-order valence-electron chi connectivity index (χ3n) is 2.61. The Kier molecular flexibility index (Phi) is 7.11. The first kappa shape index (κ1) is 15.2. The smallest absolute Gasteiger partial charge is 0.248 e. The maximum absolute atomic E-state index is 11.9. The molecule has 94 valence electrons. The Bertz CT molecular complexity index is 219. The van der Waals surface area contributed by atoms with Crippen LogP contribution in [0, 0.1) is 11.8 Å².